The van der Waals surface area contributed by atoms with Gasteiger partial charge in [0.2, 0.25) is 0 Å². The number of hydrogen-bond acceptors (Lipinski definition) is 7. The summed E-state index contributed by atoms with van der Waals surface area (Å²) in [5, 5.41) is 12.7. The largest absolute Gasteiger partial charge is 0.393 e. The molecule has 1 aliphatic heterocycles. The van der Waals surface area contributed by atoms with E-state index in [0.29, 0.717) is 17.5 Å². The molecule has 1 fully saturated rings. The van der Waals surface area contributed by atoms with Crippen LogP contribution >= 0.6 is 11.3 Å². The molecule has 0 spiro atoms. The van der Waals surface area contributed by atoms with Crippen LogP contribution in [0.25, 0.3) is 0 Å². The maximum absolute atomic E-state index is 6.33. The highest BCUT2D eigenvalue weighted by Gasteiger charge is 2.37. The molecule has 0 aromatic carbocycles. The number of nitrogens with one attached hydrogen (secondary N) is 3. The van der Waals surface area contributed by atoms with E-state index in [1.807, 2.05) is 0 Å². The molecule has 7 heteroatoms. The molecular formula is C19H30N6S. The van der Waals surface area contributed by atoms with Gasteiger partial charge in [0.05, 0.1) is 0 Å². The van der Waals surface area contributed by atoms with Gasteiger partial charge < -0.3 is 21.7 Å². The Bertz CT molecular complexity index is 710. The zero-order valence-corrected chi connectivity index (χ0v) is 16.9. The van der Waals surface area contributed by atoms with Gasteiger partial charge in [0.15, 0.2) is 11.6 Å². The Morgan fingerprint density at radius 1 is 1.19 bits per heavy atom. The van der Waals surface area contributed by atoms with Crippen LogP contribution in [0.5, 0.6) is 0 Å². The highest BCUT2D eigenvalue weighted by Crippen LogP contribution is 2.32. The van der Waals surface area contributed by atoms with Crippen LogP contribution in [0, 0.1) is 0 Å². The van der Waals surface area contributed by atoms with E-state index in [-0.39, 0.29) is 11.1 Å². The van der Waals surface area contributed by atoms with Crippen LogP contribution in [-0.2, 0) is 6.42 Å². The van der Waals surface area contributed by atoms with Crippen molar-refractivity contribution in [2.75, 3.05) is 22.9 Å². The lowest BCUT2D eigenvalue weighted by Gasteiger charge is -2.46. The lowest BCUT2D eigenvalue weighted by atomic mass is 9.79. The van der Waals surface area contributed by atoms with Crippen LogP contribution in [-0.4, -0.2) is 33.6 Å². The van der Waals surface area contributed by atoms with Crippen LogP contribution in [0.4, 0.5) is 17.3 Å². The van der Waals surface area contributed by atoms with Gasteiger partial charge >= 0.3 is 0 Å². The molecule has 1 saturated heterocycles. The molecule has 26 heavy (non-hydrogen) atoms. The summed E-state index contributed by atoms with van der Waals surface area (Å²) < 4.78 is 0. The summed E-state index contributed by atoms with van der Waals surface area (Å²) in [7, 11) is 0. The molecule has 0 radical (unpaired) electrons. The number of nitrogens with two attached hydrogens (primary N) is 1. The number of hydrogen-bond donors (Lipinski definition) is 4. The predicted octanol–water partition coefficient (Wildman–Crippen LogP) is 3.50. The Morgan fingerprint density at radius 2 is 1.88 bits per heavy atom. The highest BCUT2D eigenvalue weighted by atomic mass is 32.1. The molecule has 6 nitrogen and oxygen atoms in total. The van der Waals surface area contributed by atoms with E-state index in [2.05, 4.69) is 71.1 Å². The second-order valence-corrected chi connectivity index (χ2v) is 9.42. The van der Waals surface area contributed by atoms with E-state index in [4.69, 9.17) is 5.73 Å². The quantitative estimate of drug-likeness (QED) is 0.619. The number of rotatable bonds is 6. The summed E-state index contributed by atoms with van der Waals surface area (Å²) in [6, 6.07) is 4.53. The first kappa shape index (κ1) is 18.9. The molecular weight excluding hydrogens is 344 g/mol. The number of nitrogens with zero attached hydrogens (tertiary/aromatic N) is 2. The average molecular weight is 375 g/mol. The molecule has 142 valence electrons. The molecule has 3 rings (SSSR count). The van der Waals surface area contributed by atoms with Crippen LogP contribution in [0.2, 0.25) is 0 Å². The van der Waals surface area contributed by atoms with E-state index in [1.165, 1.54) is 4.88 Å². The van der Waals surface area contributed by atoms with Crippen molar-refractivity contribution in [2.24, 2.45) is 0 Å². The third-order valence-corrected chi connectivity index (χ3v) is 5.60. The molecule has 0 unspecified atom stereocenters. The Labute approximate surface area is 160 Å². The minimum atomic E-state index is 0.0724. The maximum Gasteiger partial charge on any atom is 0.155 e. The predicted molar refractivity (Wildman–Crippen MR) is 111 cm³/mol. The lowest BCUT2D eigenvalue weighted by molar-refractivity contribution is 0.170. The third-order valence-electron chi connectivity index (χ3n) is 4.66. The van der Waals surface area contributed by atoms with E-state index in [1.54, 1.807) is 17.7 Å². The first-order valence-corrected chi connectivity index (χ1v) is 10.0. The SMILES string of the molecule is CC1(C)CC(Nc2ncnc(NCCc3cccs3)c2N)CC(C)(C)N1. The Morgan fingerprint density at radius 3 is 2.54 bits per heavy atom. The standard InChI is InChI=1S/C19H30N6S/c1-18(2)10-13(11-19(3,4)25-18)24-17-15(20)16(22-12-23-17)21-8-7-14-6-5-9-26-14/h5-6,9,12-13,25H,7-8,10-11,20H2,1-4H3,(H2,21,22,23,24). The van der Waals surface area contributed by atoms with Gasteiger partial charge in [0, 0.05) is 28.5 Å². The van der Waals surface area contributed by atoms with Gasteiger partial charge in [-0.15, -0.1) is 11.3 Å². The molecule has 0 saturated carbocycles. The third kappa shape index (κ3) is 4.86. The Kier molecular flexibility index (Phi) is 5.39. The number of piperidine rings is 1. The fourth-order valence-corrected chi connectivity index (χ4v) is 4.74. The molecule has 0 aliphatic carbocycles. The first-order chi connectivity index (χ1) is 12.2. The monoisotopic (exact) mass is 374 g/mol. The number of thiophene rings is 1. The molecule has 3 heterocycles. The van der Waals surface area contributed by atoms with Crippen molar-refractivity contribution in [3.8, 4) is 0 Å². The maximum atomic E-state index is 6.33. The minimum Gasteiger partial charge on any atom is -0.393 e. The molecule has 5 N–H and O–H groups in total. The van der Waals surface area contributed by atoms with Crippen molar-refractivity contribution >= 4 is 28.7 Å². The highest BCUT2D eigenvalue weighted by molar-refractivity contribution is 7.09. The smallest absolute Gasteiger partial charge is 0.155 e. The van der Waals surface area contributed by atoms with Gasteiger partial charge in [0.1, 0.15) is 12.0 Å². The van der Waals surface area contributed by atoms with Crippen molar-refractivity contribution < 1.29 is 0 Å². The molecule has 1 aliphatic rings. The van der Waals surface area contributed by atoms with Crippen molar-refractivity contribution in [2.45, 2.75) is 64.1 Å². The summed E-state index contributed by atoms with van der Waals surface area (Å²) in [5.74, 6) is 1.42. The fourth-order valence-electron chi connectivity index (χ4n) is 4.03. The normalized spacial score (nSPS) is 19.2. The van der Waals surface area contributed by atoms with E-state index in [0.717, 1.165) is 31.6 Å². The van der Waals surface area contributed by atoms with Gasteiger partial charge in [-0.25, -0.2) is 9.97 Å². The van der Waals surface area contributed by atoms with Crippen molar-refractivity contribution in [3.05, 3.63) is 28.7 Å². The molecule has 0 bridgehead atoms. The van der Waals surface area contributed by atoms with Crippen LogP contribution in [0.1, 0.15) is 45.4 Å². The zero-order chi connectivity index (χ0) is 18.8. The van der Waals surface area contributed by atoms with E-state index >= 15 is 0 Å². The van der Waals surface area contributed by atoms with Crippen LogP contribution in [0.15, 0.2) is 23.8 Å². The second-order valence-electron chi connectivity index (χ2n) is 8.38. The van der Waals surface area contributed by atoms with Gasteiger partial charge in [-0.2, -0.15) is 0 Å². The summed E-state index contributed by atoms with van der Waals surface area (Å²) >= 11 is 1.77. The van der Waals surface area contributed by atoms with Gasteiger partial charge in [-0.05, 0) is 58.4 Å². The van der Waals surface area contributed by atoms with Gasteiger partial charge in [-0.1, -0.05) is 6.07 Å². The van der Waals surface area contributed by atoms with Crippen LogP contribution in [0.3, 0.4) is 0 Å². The first-order valence-electron chi connectivity index (χ1n) is 9.17. The van der Waals surface area contributed by atoms with Crippen molar-refractivity contribution in [1.82, 2.24) is 15.3 Å². The minimum absolute atomic E-state index is 0.0724. The van der Waals surface area contributed by atoms with Crippen LogP contribution < -0.4 is 21.7 Å². The van der Waals surface area contributed by atoms with Crippen molar-refractivity contribution in [3.63, 3.8) is 0 Å². The molecule has 0 atom stereocenters. The van der Waals surface area contributed by atoms with E-state index in [9.17, 15) is 0 Å². The second kappa shape index (κ2) is 7.40. The Hall–Kier alpha value is -1.86. The summed E-state index contributed by atoms with van der Waals surface area (Å²) in [4.78, 5) is 10.0. The molecule has 2 aromatic heterocycles. The number of aromatic nitrogens is 2. The van der Waals surface area contributed by atoms with E-state index < -0.39 is 0 Å². The molecule has 0 amide bonds. The summed E-state index contributed by atoms with van der Waals surface area (Å²) in [5.41, 5.74) is 7.07. The lowest BCUT2D eigenvalue weighted by Crippen LogP contribution is -2.60. The molecule has 2 aromatic rings. The van der Waals surface area contributed by atoms with Gasteiger partial charge in [-0.3, -0.25) is 0 Å². The number of anilines is 3. The summed E-state index contributed by atoms with van der Waals surface area (Å²) in [6.45, 7) is 9.76. The van der Waals surface area contributed by atoms with Crippen molar-refractivity contribution in [1.29, 1.82) is 0 Å². The van der Waals surface area contributed by atoms with Gasteiger partial charge in [0.25, 0.3) is 0 Å². The Balaban J connectivity index is 1.65. The zero-order valence-electron chi connectivity index (χ0n) is 16.1. The fraction of sp³-hybridized carbons (Fsp3) is 0.579. The summed E-state index contributed by atoms with van der Waals surface area (Å²) in [6.07, 6.45) is 4.56. The topological polar surface area (TPSA) is 87.9 Å². The number of nitrogen functional groups attached to an aromatic ring is 1. The average Bonchev–Trinajstić information content (AvgIpc) is 3.01.